The number of carboxylic acid groups (broad SMARTS) is 1. The van der Waals surface area contributed by atoms with E-state index in [2.05, 4.69) is 5.32 Å². The Morgan fingerprint density at radius 1 is 0.920 bits per heavy atom. The molecule has 6 nitrogen and oxygen atoms in total. The molecule has 9 heteroatoms. The zero-order valence-corrected chi connectivity index (χ0v) is 12.5. The number of amides is 1. The number of alkyl halides is 3. The summed E-state index contributed by atoms with van der Waals surface area (Å²) in [5.74, 6) is -4.16. The number of halogens is 3. The summed E-state index contributed by atoms with van der Waals surface area (Å²) in [5, 5.41) is 30.4. The molecule has 2 aromatic carbocycles. The highest BCUT2D eigenvalue weighted by molar-refractivity contribution is 6.00. The van der Waals surface area contributed by atoms with Crippen molar-refractivity contribution in [3.8, 4) is 11.5 Å². The molecule has 0 fully saturated rings. The summed E-state index contributed by atoms with van der Waals surface area (Å²) in [6.45, 7) is -0.127. The summed E-state index contributed by atoms with van der Waals surface area (Å²) in [6.07, 6.45) is -4.46. The van der Waals surface area contributed by atoms with Gasteiger partial charge in [0.15, 0.2) is 11.5 Å². The summed E-state index contributed by atoms with van der Waals surface area (Å²) in [7, 11) is 0. The molecule has 0 aliphatic heterocycles. The zero-order chi connectivity index (χ0) is 18.8. The maximum Gasteiger partial charge on any atom is 0.416 e. The Morgan fingerprint density at radius 3 is 1.96 bits per heavy atom. The summed E-state index contributed by atoms with van der Waals surface area (Å²) in [5.41, 5.74) is -1.38. The smallest absolute Gasteiger partial charge is 0.416 e. The van der Waals surface area contributed by atoms with Crippen LogP contribution in [-0.2, 0) is 12.7 Å². The van der Waals surface area contributed by atoms with E-state index in [4.69, 9.17) is 5.11 Å². The molecule has 132 valence electrons. The second-order valence-corrected chi connectivity index (χ2v) is 5.04. The van der Waals surface area contributed by atoms with E-state index in [9.17, 15) is 33.0 Å². The molecule has 2 aromatic rings. The number of hydrogen-bond donors (Lipinski definition) is 4. The van der Waals surface area contributed by atoms with Crippen molar-refractivity contribution in [1.82, 2.24) is 5.32 Å². The van der Waals surface area contributed by atoms with Gasteiger partial charge in [-0.25, -0.2) is 4.79 Å². The number of aromatic carboxylic acids is 1. The summed E-state index contributed by atoms with van der Waals surface area (Å²) in [4.78, 5) is 22.8. The maximum atomic E-state index is 12.5. The minimum Gasteiger partial charge on any atom is -0.504 e. The van der Waals surface area contributed by atoms with Crippen LogP contribution in [0.3, 0.4) is 0 Å². The van der Waals surface area contributed by atoms with E-state index in [0.29, 0.717) is 5.56 Å². The molecule has 2 rings (SSSR count). The van der Waals surface area contributed by atoms with Crippen molar-refractivity contribution in [2.24, 2.45) is 0 Å². The lowest BCUT2D eigenvalue weighted by Gasteiger charge is -2.10. The fourth-order valence-corrected chi connectivity index (χ4v) is 2.02. The number of carbonyl (C=O) groups excluding carboxylic acids is 1. The second-order valence-electron chi connectivity index (χ2n) is 5.04. The van der Waals surface area contributed by atoms with Crippen LogP contribution in [0.25, 0.3) is 0 Å². The molecule has 0 bridgehead atoms. The number of benzene rings is 2. The predicted molar refractivity (Wildman–Crippen MR) is 79.3 cm³/mol. The average molecular weight is 355 g/mol. The van der Waals surface area contributed by atoms with Crippen LogP contribution in [0.15, 0.2) is 36.4 Å². The minimum absolute atomic E-state index is 0.127. The molecule has 0 saturated heterocycles. The first-order chi connectivity index (χ1) is 11.6. The molecule has 4 N–H and O–H groups in total. The van der Waals surface area contributed by atoms with Crippen LogP contribution in [0.2, 0.25) is 0 Å². The van der Waals surface area contributed by atoms with Crippen LogP contribution in [0.4, 0.5) is 13.2 Å². The van der Waals surface area contributed by atoms with E-state index in [1.165, 1.54) is 12.1 Å². The molecule has 0 aliphatic rings. The lowest BCUT2D eigenvalue weighted by atomic mass is 10.1. The third-order valence-corrected chi connectivity index (χ3v) is 3.36. The van der Waals surface area contributed by atoms with Gasteiger partial charge in [0.2, 0.25) is 0 Å². The van der Waals surface area contributed by atoms with Crippen LogP contribution >= 0.6 is 0 Å². The number of aromatic hydroxyl groups is 2. The predicted octanol–water partition coefficient (Wildman–Crippen LogP) is 2.74. The molecule has 0 radical (unpaired) electrons. The Kier molecular flexibility index (Phi) is 4.87. The third kappa shape index (κ3) is 4.00. The molecule has 0 atom stereocenters. The number of phenols is 2. The van der Waals surface area contributed by atoms with E-state index >= 15 is 0 Å². The van der Waals surface area contributed by atoms with Crippen molar-refractivity contribution in [1.29, 1.82) is 0 Å². The van der Waals surface area contributed by atoms with Gasteiger partial charge in [-0.3, -0.25) is 4.79 Å². The van der Waals surface area contributed by atoms with E-state index < -0.39 is 40.7 Å². The number of carboxylic acids is 1. The molecule has 0 spiro atoms. The standard InChI is InChI=1S/C16H12F3NO5/c17-16(18,19)9-3-1-8(2-4-9)7-20-14(23)10-5-6-11(15(24)25)13(22)12(10)21/h1-6,21-22H,7H2,(H,20,23)(H,24,25). The Labute approximate surface area is 139 Å². The average Bonchev–Trinajstić information content (AvgIpc) is 2.54. The van der Waals surface area contributed by atoms with Crippen molar-refractivity contribution in [3.05, 3.63) is 58.7 Å². The molecular weight excluding hydrogens is 343 g/mol. The zero-order valence-electron chi connectivity index (χ0n) is 12.5. The lowest BCUT2D eigenvalue weighted by molar-refractivity contribution is -0.137. The Balaban J connectivity index is 2.10. The Hall–Kier alpha value is -3.23. The van der Waals surface area contributed by atoms with E-state index in [0.717, 1.165) is 24.3 Å². The number of rotatable bonds is 4. The van der Waals surface area contributed by atoms with Gasteiger partial charge in [0.25, 0.3) is 5.91 Å². The quantitative estimate of drug-likeness (QED) is 0.631. The highest BCUT2D eigenvalue weighted by Gasteiger charge is 2.30. The van der Waals surface area contributed by atoms with Crippen LogP contribution in [-0.4, -0.2) is 27.2 Å². The van der Waals surface area contributed by atoms with Crippen LogP contribution in [0.5, 0.6) is 11.5 Å². The van der Waals surface area contributed by atoms with Crippen molar-refractivity contribution < 1.29 is 38.1 Å². The first-order valence-electron chi connectivity index (χ1n) is 6.84. The fraction of sp³-hybridized carbons (Fsp3) is 0.125. The van der Waals surface area contributed by atoms with Gasteiger partial charge in [0.1, 0.15) is 5.56 Å². The molecule has 0 aliphatic carbocycles. The SMILES string of the molecule is O=C(O)c1ccc(C(=O)NCc2ccc(C(F)(F)F)cc2)c(O)c1O. The number of hydrogen-bond acceptors (Lipinski definition) is 4. The van der Waals surface area contributed by atoms with Gasteiger partial charge in [0, 0.05) is 6.54 Å². The van der Waals surface area contributed by atoms with Crippen molar-refractivity contribution in [3.63, 3.8) is 0 Å². The van der Waals surface area contributed by atoms with E-state index in [1.807, 2.05) is 0 Å². The van der Waals surface area contributed by atoms with Gasteiger partial charge in [-0.2, -0.15) is 13.2 Å². The third-order valence-electron chi connectivity index (χ3n) is 3.36. The summed E-state index contributed by atoms with van der Waals surface area (Å²) < 4.78 is 37.4. The molecule has 0 saturated carbocycles. The molecule has 0 aromatic heterocycles. The van der Waals surface area contributed by atoms with Gasteiger partial charge in [0.05, 0.1) is 11.1 Å². The monoisotopic (exact) mass is 355 g/mol. The molecular formula is C16H12F3NO5. The van der Waals surface area contributed by atoms with Crippen molar-refractivity contribution >= 4 is 11.9 Å². The molecule has 0 heterocycles. The molecule has 1 amide bonds. The minimum atomic E-state index is -4.46. The van der Waals surface area contributed by atoms with Crippen molar-refractivity contribution in [2.75, 3.05) is 0 Å². The highest BCUT2D eigenvalue weighted by Crippen LogP contribution is 2.33. The number of nitrogens with one attached hydrogen (secondary N) is 1. The Morgan fingerprint density at radius 2 is 1.44 bits per heavy atom. The topological polar surface area (TPSA) is 107 Å². The fourth-order valence-electron chi connectivity index (χ4n) is 2.02. The normalized spacial score (nSPS) is 11.2. The summed E-state index contributed by atoms with van der Waals surface area (Å²) >= 11 is 0. The number of carbonyl (C=O) groups is 2. The molecule has 25 heavy (non-hydrogen) atoms. The van der Waals surface area contributed by atoms with Crippen LogP contribution in [0.1, 0.15) is 31.8 Å². The lowest BCUT2D eigenvalue weighted by Crippen LogP contribution is -2.23. The maximum absolute atomic E-state index is 12.5. The van der Waals surface area contributed by atoms with Gasteiger partial charge < -0.3 is 20.6 Å². The highest BCUT2D eigenvalue weighted by atomic mass is 19.4. The van der Waals surface area contributed by atoms with Crippen LogP contribution < -0.4 is 5.32 Å². The van der Waals surface area contributed by atoms with Gasteiger partial charge in [-0.05, 0) is 29.8 Å². The van der Waals surface area contributed by atoms with Crippen molar-refractivity contribution in [2.45, 2.75) is 12.7 Å². The Bertz CT molecular complexity index is 816. The largest absolute Gasteiger partial charge is 0.504 e. The van der Waals surface area contributed by atoms with E-state index in [-0.39, 0.29) is 12.1 Å². The van der Waals surface area contributed by atoms with Gasteiger partial charge in [-0.1, -0.05) is 12.1 Å². The first-order valence-corrected chi connectivity index (χ1v) is 6.84. The van der Waals surface area contributed by atoms with Gasteiger partial charge in [-0.15, -0.1) is 0 Å². The first kappa shape index (κ1) is 18.1. The number of phenolic OH excluding ortho intramolecular Hbond substituents is 1. The summed E-state index contributed by atoms with van der Waals surface area (Å²) in [6, 6.07) is 6.08. The molecule has 0 unspecified atom stereocenters. The van der Waals surface area contributed by atoms with E-state index in [1.54, 1.807) is 0 Å². The second kappa shape index (κ2) is 6.71. The van der Waals surface area contributed by atoms with Crippen LogP contribution in [0, 0.1) is 0 Å². The van der Waals surface area contributed by atoms with Gasteiger partial charge >= 0.3 is 12.1 Å².